The normalized spacial score (nSPS) is 16.3. The van der Waals surface area contributed by atoms with Crippen LogP contribution >= 0.6 is 0 Å². The molecule has 0 spiro atoms. The summed E-state index contributed by atoms with van der Waals surface area (Å²) >= 11 is 0. The van der Waals surface area contributed by atoms with Crippen LogP contribution in [0.5, 0.6) is 0 Å². The van der Waals surface area contributed by atoms with Gasteiger partial charge in [-0.3, -0.25) is 4.90 Å². The second-order valence-electron chi connectivity index (χ2n) is 9.70. The van der Waals surface area contributed by atoms with Gasteiger partial charge in [-0.1, -0.05) is 49.4 Å². The molecule has 6 nitrogen and oxygen atoms in total. The second-order valence-corrected chi connectivity index (χ2v) is 11.7. The van der Waals surface area contributed by atoms with Crippen molar-refractivity contribution in [2.45, 2.75) is 45.6 Å². The predicted octanol–water partition coefficient (Wildman–Crippen LogP) is 4.22. The van der Waals surface area contributed by atoms with E-state index >= 15 is 0 Å². The van der Waals surface area contributed by atoms with Crippen LogP contribution in [-0.2, 0) is 16.6 Å². The smallest absolute Gasteiger partial charge is 0.211 e. The number of piperazine rings is 1. The third kappa shape index (κ3) is 8.43. The molecule has 0 aliphatic carbocycles. The van der Waals surface area contributed by atoms with E-state index in [1.807, 2.05) is 43.3 Å². The lowest BCUT2D eigenvalue weighted by Gasteiger charge is -2.35. The minimum atomic E-state index is -3.25. The van der Waals surface area contributed by atoms with Crippen LogP contribution in [0.25, 0.3) is 0 Å². The van der Waals surface area contributed by atoms with Crippen molar-refractivity contribution in [3.05, 3.63) is 70.8 Å². The fourth-order valence-corrected chi connectivity index (χ4v) is 5.67. The summed E-state index contributed by atoms with van der Waals surface area (Å²) < 4.78 is 26.2. The SMILES string of the molecule is CCC(CCCN1CCN(CCN(Cc2ccccc2)S(C)(=O)=O)CC1)c1ccc(C#N)c(C)c1. The molecule has 0 aromatic heterocycles. The van der Waals surface area contributed by atoms with E-state index in [-0.39, 0.29) is 0 Å². The van der Waals surface area contributed by atoms with Crippen LogP contribution in [0.1, 0.15) is 54.4 Å². The molecule has 3 rings (SSSR count). The Morgan fingerprint density at radius 2 is 1.69 bits per heavy atom. The first-order chi connectivity index (χ1) is 16.8. The number of nitrogens with zero attached hydrogens (tertiary/aromatic N) is 4. The molecule has 0 amide bonds. The van der Waals surface area contributed by atoms with Gasteiger partial charge in [-0.15, -0.1) is 0 Å². The number of benzene rings is 2. The summed E-state index contributed by atoms with van der Waals surface area (Å²) in [6.07, 6.45) is 4.73. The molecule has 1 atom stereocenters. The minimum Gasteiger partial charge on any atom is -0.301 e. The summed E-state index contributed by atoms with van der Waals surface area (Å²) in [6.45, 7) is 11.1. The Kier molecular flexibility index (Phi) is 10.3. The average Bonchev–Trinajstić information content (AvgIpc) is 2.85. The van der Waals surface area contributed by atoms with Gasteiger partial charge in [-0.2, -0.15) is 9.57 Å². The third-order valence-electron chi connectivity index (χ3n) is 7.16. The second kappa shape index (κ2) is 13.2. The van der Waals surface area contributed by atoms with E-state index in [1.165, 1.54) is 11.8 Å². The Labute approximate surface area is 212 Å². The summed E-state index contributed by atoms with van der Waals surface area (Å²) in [5.74, 6) is 0.536. The zero-order chi connectivity index (χ0) is 25.3. The molecule has 0 bridgehead atoms. The molecule has 1 heterocycles. The van der Waals surface area contributed by atoms with Crippen molar-refractivity contribution in [1.82, 2.24) is 14.1 Å². The van der Waals surface area contributed by atoms with E-state index in [2.05, 4.69) is 34.9 Å². The number of hydrogen-bond acceptors (Lipinski definition) is 5. The Morgan fingerprint density at radius 3 is 2.26 bits per heavy atom. The minimum absolute atomic E-state index is 0.428. The first kappa shape index (κ1) is 27.3. The summed E-state index contributed by atoms with van der Waals surface area (Å²) in [5.41, 5.74) is 4.20. The van der Waals surface area contributed by atoms with Gasteiger partial charge in [0.15, 0.2) is 0 Å². The first-order valence-corrected chi connectivity index (χ1v) is 14.6. The summed E-state index contributed by atoms with van der Waals surface area (Å²) in [5, 5.41) is 9.18. The highest BCUT2D eigenvalue weighted by Crippen LogP contribution is 2.26. The van der Waals surface area contributed by atoms with Gasteiger partial charge < -0.3 is 4.90 Å². The summed E-state index contributed by atoms with van der Waals surface area (Å²) in [7, 11) is -3.25. The lowest BCUT2D eigenvalue weighted by Crippen LogP contribution is -2.49. The zero-order valence-corrected chi connectivity index (χ0v) is 22.3. The highest BCUT2D eigenvalue weighted by Gasteiger charge is 2.21. The molecule has 1 saturated heterocycles. The van der Waals surface area contributed by atoms with Crippen LogP contribution < -0.4 is 0 Å². The summed E-state index contributed by atoms with van der Waals surface area (Å²) in [4.78, 5) is 4.92. The van der Waals surface area contributed by atoms with E-state index in [0.29, 0.717) is 19.0 Å². The number of aryl methyl sites for hydroxylation is 1. The molecule has 1 fully saturated rings. The molecule has 0 saturated carbocycles. The Hall–Kier alpha value is -2.24. The number of sulfonamides is 1. The Morgan fingerprint density at radius 1 is 1.03 bits per heavy atom. The predicted molar refractivity (Wildman–Crippen MR) is 143 cm³/mol. The van der Waals surface area contributed by atoms with Crippen molar-refractivity contribution in [3.8, 4) is 6.07 Å². The maximum absolute atomic E-state index is 12.3. The molecule has 190 valence electrons. The molecular weight excluding hydrogens is 456 g/mol. The van der Waals surface area contributed by atoms with Crippen LogP contribution in [0.15, 0.2) is 48.5 Å². The molecule has 1 unspecified atom stereocenters. The van der Waals surface area contributed by atoms with Crippen LogP contribution in [0.4, 0.5) is 0 Å². The monoisotopic (exact) mass is 496 g/mol. The molecule has 1 aliphatic rings. The molecule has 7 heteroatoms. The number of nitriles is 1. The highest BCUT2D eigenvalue weighted by molar-refractivity contribution is 7.88. The van der Waals surface area contributed by atoms with Gasteiger partial charge in [0.05, 0.1) is 17.9 Å². The van der Waals surface area contributed by atoms with Gasteiger partial charge in [0.25, 0.3) is 0 Å². The first-order valence-electron chi connectivity index (χ1n) is 12.7. The van der Waals surface area contributed by atoms with Gasteiger partial charge in [0, 0.05) is 45.8 Å². The van der Waals surface area contributed by atoms with Gasteiger partial charge in [0.1, 0.15) is 0 Å². The lowest BCUT2D eigenvalue weighted by molar-refractivity contribution is 0.125. The molecule has 35 heavy (non-hydrogen) atoms. The van der Waals surface area contributed by atoms with E-state index in [0.717, 1.165) is 75.2 Å². The van der Waals surface area contributed by atoms with Crippen molar-refractivity contribution in [2.24, 2.45) is 0 Å². The highest BCUT2D eigenvalue weighted by atomic mass is 32.2. The van der Waals surface area contributed by atoms with E-state index < -0.39 is 10.0 Å². The Bertz CT molecular complexity index is 1070. The topological polar surface area (TPSA) is 67.7 Å². The van der Waals surface area contributed by atoms with Gasteiger partial charge in [-0.05, 0) is 61.4 Å². The molecule has 0 N–H and O–H groups in total. The molecule has 2 aromatic carbocycles. The van der Waals surface area contributed by atoms with Crippen LogP contribution in [0, 0.1) is 18.3 Å². The van der Waals surface area contributed by atoms with E-state index in [1.54, 1.807) is 4.31 Å². The van der Waals surface area contributed by atoms with E-state index in [9.17, 15) is 13.7 Å². The maximum atomic E-state index is 12.3. The van der Waals surface area contributed by atoms with Gasteiger partial charge in [-0.25, -0.2) is 8.42 Å². The third-order valence-corrected chi connectivity index (χ3v) is 8.41. The standard InChI is InChI=1S/C28H40N4O2S/c1-4-26(27-12-13-28(22-29)24(2)21-27)11-8-14-30-15-17-31(18-16-30)19-20-32(35(3,33)34)23-25-9-6-5-7-10-25/h5-7,9-10,12-13,21,26H,4,8,11,14-20,23H2,1-3H3. The van der Waals surface area contributed by atoms with Crippen LogP contribution in [0.2, 0.25) is 0 Å². The van der Waals surface area contributed by atoms with Gasteiger partial charge in [0.2, 0.25) is 10.0 Å². The molecule has 0 radical (unpaired) electrons. The fraction of sp³-hybridized carbons (Fsp3) is 0.536. The molecule has 2 aromatic rings. The van der Waals surface area contributed by atoms with Crippen molar-refractivity contribution in [2.75, 3.05) is 52.1 Å². The zero-order valence-electron chi connectivity index (χ0n) is 21.5. The average molecular weight is 497 g/mol. The number of rotatable bonds is 12. The number of hydrogen-bond donors (Lipinski definition) is 0. The summed E-state index contributed by atoms with van der Waals surface area (Å²) in [6, 6.07) is 18.3. The molecule has 1 aliphatic heterocycles. The van der Waals surface area contributed by atoms with Gasteiger partial charge >= 0.3 is 0 Å². The van der Waals surface area contributed by atoms with Crippen molar-refractivity contribution in [1.29, 1.82) is 5.26 Å². The van der Waals surface area contributed by atoms with Crippen LogP contribution in [0.3, 0.4) is 0 Å². The Balaban J connectivity index is 1.40. The van der Waals surface area contributed by atoms with Crippen LogP contribution in [-0.4, -0.2) is 74.6 Å². The quantitative estimate of drug-likeness (QED) is 0.440. The largest absolute Gasteiger partial charge is 0.301 e. The van der Waals surface area contributed by atoms with Crippen molar-refractivity contribution in [3.63, 3.8) is 0 Å². The van der Waals surface area contributed by atoms with Crippen molar-refractivity contribution < 1.29 is 8.42 Å². The van der Waals surface area contributed by atoms with E-state index in [4.69, 9.17) is 0 Å². The molecular formula is C28H40N4O2S. The maximum Gasteiger partial charge on any atom is 0.211 e. The lowest BCUT2D eigenvalue weighted by atomic mass is 9.90. The van der Waals surface area contributed by atoms with Crippen molar-refractivity contribution >= 4 is 10.0 Å². The fourth-order valence-electron chi connectivity index (χ4n) is 4.87.